The molecule has 3 heteroatoms. The number of hydrogen-bond acceptors (Lipinski definition) is 3. The highest BCUT2D eigenvalue weighted by atomic mass is 16.5. The van der Waals surface area contributed by atoms with Crippen molar-refractivity contribution in [2.24, 2.45) is 11.7 Å². The van der Waals surface area contributed by atoms with Gasteiger partial charge in [-0.2, -0.15) is 0 Å². The van der Waals surface area contributed by atoms with Crippen molar-refractivity contribution >= 4 is 11.0 Å². The van der Waals surface area contributed by atoms with Gasteiger partial charge in [0.15, 0.2) is 11.3 Å². The van der Waals surface area contributed by atoms with Crippen molar-refractivity contribution in [3.8, 4) is 5.75 Å². The first-order valence-electron chi connectivity index (χ1n) is 5.45. The summed E-state index contributed by atoms with van der Waals surface area (Å²) in [7, 11) is 1.64. The van der Waals surface area contributed by atoms with E-state index in [4.69, 9.17) is 14.9 Å². The fourth-order valence-electron chi connectivity index (χ4n) is 1.71. The molecule has 0 fully saturated rings. The number of furan rings is 1. The summed E-state index contributed by atoms with van der Waals surface area (Å²) in [6.45, 7) is 4.16. The van der Waals surface area contributed by atoms with Crippen LogP contribution in [0.3, 0.4) is 0 Å². The first-order valence-corrected chi connectivity index (χ1v) is 5.45. The number of rotatable bonds is 3. The van der Waals surface area contributed by atoms with Crippen LogP contribution >= 0.6 is 0 Å². The van der Waals surface area contributed by atoms with E-state index in [2.05, 4.69) is 13.8 Å². The highest BCUT2D eigenvalue weighted by Crippen LogP contribution is 2.31. The van der Waals surface area contributed by atoms with Gasteiger partial charge in [0.25, 0.3) is 0 Å². The third-order valence-electron chi connectivity index (χ3n) is 2.79. The second-order valence-corrected chi connectivity index (χ2v) is 4.30. The van der Waals surface area contributed by atoms with E-state index < -0.39 is 0 Å². The molecule has 1 aromatic heterocycles. The van der Waals surface area contributed by atoms with Crippen LogP contribution in [0.5, 0.6) is 5.75 Å². The standard InChI is InChI=1S/C13H17NO2/c1-8(2)12(14)11-7-9-5-4-6-10(15-3)13(9)16-11/h4-8,12H,14H2,1-3H3/t12-/m0/s1. The van der Waals surface area contributed by atoms with E-state index in [-0.39, 0.29) is 6.04 Å². The molecule has 1 atom stereocenters. The summed E-state index contributed by atoms with van der Waals surface area (Å²) in [6, 6.07) is 7.75. The monoisotopic (exact) mass is 219 g/mol. The zero-order valence-corrected chi connectivity index (χ0v) is 9.86. The summed E-state index contributed by atoms with van der Waals surface area (Å²) < 4.78 is 11.0. The first-order chi connectivity index (χ1) is 7.63. The van der Waals surface area contributed by atoms with Gasteiger partial charge in [-0.1, -0.05) is 26.0 Å². The van der Waals surface area contributed by atoms with Crippen LogP contribution in [0.4, 0.5) is 0 Å². The van der Waals surface area contributed by atoms with Gasteiger partial charge in [-0.3, -0.25) is 0 Å². The largest absolute Gasteiger partial charge is 0.493 e. The van der Waals surface area contributed by atoms with E-state index in [9.17, 15) is 0 Å². The lowest BCUT2D eigenvalue weighted by molar-refractivity contribution is 0.391. The Morgan fingerprint density at radius 1 is 1.31 bits per heavy atom. The minimum Gasteiger partial charge on any atom is -0.493 e. The number of methoxy groups -OCH3 is 1. The summed E-state index contributed by atoms with van der Waals surface area (Å²) in [5.41, 5.74) is 6.83. The van der Waals surface area contributed by atoms with Crippen molar-refractivity contribution in [2.75, 3.05) is 7.11 Å². The van der Waals surface area contributed by atoms with Crippen molar-refractivity contribution in [1.29, 1.82) is 0 Å². The molecule has 0 spiro atoms. The predicted molar refractivity (Wildman–Crippen MR) is 64.5 cm³/mol. The van der Waals surface area contributed by atoms with E-state index in [1.165, 1.54) is 0 Å². The zero-order valence-electron chi connectivity index (χ0n) is 9.86. The molecule has 0 aliphatic carbocycles. The van der Waals surface area contributed by atoms with Gasteiger partial charge in [-0.05, 0) is 18.1 Å². The molecular weight excluding hydrogens is 202 g/mol. The van der Waals surface area contributed by atoms with Gasteiger partial charge in [0.1, 0.15) is 5.76 Å². The Labute approximate surface area is 95.2 Å². The van der Waals surface area contributed by atoms with Crippen LogP contribution in [0.1, 0.15) is 25.6 Å². The molecule has 0 aliphatic rings. The third kappa shape index (κ3) is 1.78. The van der Waals surface area contributed by atoms with Crippen molar-refractivity contribution < 1.29 is 9.15 Å². The second kappa shape index (κ2) is 4.18. The molecule has 86 valence electrons. The maximum atomic E-state index is 6.06. The molecule has 3 nitrogen and oxygen atoms in total. The maximum Gasteiger partial charge on any atom is 0.176 e. The molecule has 0 unspecified atom stereocenters. The zero-order chi connectivity index (χ0) is 11.7. The Kier molecular flexibility index (Phi) is 2.88. The number of hydrogen-bond donors (Lipinski definition) is 1. The van der Waals surface area contributed by atoms with Gasteiger partial charge in [0, 0.05) is 5.39 Å². The predicted octanol–water partition coefficient (Wildman–Crippen LogP) is 3.10. The molecule has 2 aromatic rings. The van der Waals surface area contributed by atoms with Crippen LogP contribution in [0.2, 0.25) is 0 Å². The Morgan fingerprint density at radius 2 is 2.06 bits per heavy atom. The van der Waals surface area contributed by atoms with Crippen LogP contribution in [0.15, 0.2) is 28.7 Å². The van der Waals surface area contributed by atoms with Crippen molar-refractivity contribution in [2.45, 2.75) is 19.9 Å². The summed E-state index contributed by atoms with van der Waals surface area (Å²) in [5.74, 6) is 1.92. The highest BCUT2D eigenvalue weighted by Gasteiger charge is 2.16. The van der Waals surface area contributed by atoms with Crippen LogP contribution in [-0.2, 0) is 0 Å². The minimum atomic E-state index is -0.0721. The van der Waals surface area contributed by atoms with Crippen molar-refractivity contribution in [3.63, 3.8) is 0 Å². The molecule has 1 aromatic carbocycles. The van der Waals surface area contributed by atoms with Gasteiger partial charge in [0.2, 0.25) is 0 Å². The third-order valence-corrected chi connectivity index (χ3v) is 2.79. The topological polar surface area (TPSA) is 48.4 Å². The van der Waals surface area contributed by atoms with Gasteiger partial charge < -0.3 is 14.9 Å². The Morgan fingerprint density at radius 3 is 2.69 bits per heavy atom. The minimum absolute atomic E-state index is 0.0721. The molecule has 0 radical (unpaired) electrons. The smallest absolute Gasteiger partial charge is 0.176 e. The Balaban J connectivity index is 2.51. The quantitative estimate of drug-likeness (QED) is 0.862. The number of ether oxygens (including phenoxy) is 1. The molecule has 16 heavy (non-hydrogen) atoms. The number of benzene rings is 1. The average molecular weight is 219 g/mol. The van der Waals surface area contributed by atoms with Crippen LogP contribution in [0, 0.1) is 5.92 Å². The molecule has 2 rings (SSSR count). The Bertz CT molecular complexity index is 488. The molecule has 0 amide bonds. The van der Waals surface area contributed by atoms with Crippen molar-refractivity contribution in [3.05, 3.63) is 30.0 Å². The molecule has 0 saturated heterocycles. The first kappa shape index (κ1) is 11.0. The van der Waals surface area contributed by atoms with Gasteiger partial charge in [-0.25, -0.2) is 0 Å². The van der Waals surface area contributed by atoms with Gasteiger partial charge in [-0.15, -0.1) is 0 Å². The molecule has 0 aliphatic heterocycles. The maximum absolute atomic E-state index is 6.06. The number of fused-ring (bicyclic) bond motifs is 1. The highest BCUT2D eigenvalue weighted by molar-refractivity contribution is 5.83. The van der Waals surface area contributed by atoms with E-state index in [0.717, 1.165) is 22.5 Å². The second-order valence-electron chi connectivity index (χ2n) is 4.30. The number of para-hydroxylation sites is 1. The fourth-order valence-corrected chi connectivity index (χ4v) is 1.71. The van der Waals surface area contributed by atoms with E-state index in [1.54, 1.807) is 7.11 Å². The van der Waals surface area contributed by atoms with Crippen LogP contribution < -0.4 is 10.5 Å². The van der Waals surface area contributed by atoms with Crippen molar-refractivity contribution in [1.82, 2.24) is 0 Å². The molecule has 1 heterocycles. The summed E-state index contributed by atoms with van der Waals surface area (Å²) in [6.07, 6.45) is 0. The van der Waals surface area contributed by atoms with E-state index >= 15 is 0 Å². The number of nitrogens with two attached hydrogens (primary N) is 1. The van der Waals surface area contributed by atoms with E-state index in [0.29, 0.717) is 5.92 Å². The lowest BCUT2D eigenvalue weighted by atomic mass is 10.0. The van der Waals surface area contributed by atoms with Crippen LogP contribution in [0.25, 0.3) is 11.0 Å². The Hall–Kier alpha value is -1.48. The average Bonchev–Trinajstić information content (AvgIpc) is 2.70. The summed E-state index contributed by atoms with van der Waals surface area (Å²) in [4.78, 5) is 0. The lowest BCUT2D eigenvalue weighted by Gasteiger charge is -2.11. The van der Waals surface area contributed by atoms with E-state index in [1.807, 2.05) is 24.3 Å². The molecule has 0 saturated carbocycles. The SMILES string of the molecule is COc1cccc2cc([C@@H](N)C(C)C)oc12. The van der Waals surface area contributed by atoms with Gasteiger partial charge in [0.05, 0.1) is 13.2 Å². The molecule has 0 bridgehead atoms. The normalized spacial score (nSPS) is 13.3. The van der Waals surface area contributed by atoms with Crippen LogP contribution in [-0.4, -0.2) is 7.11 Å². The summed E-state index contributed by atoms with van der Waals surface area (Å²) >= 11 is 0. The lowest BCUT2D eigenvalue weighted by Crippen LogP contribution is -2.15. The molecule has 2 N–H and O–H groups in total. The summed E-state index contributed by atoms with van der Waals surface area (Å²) in [5, 5.41) is 1.03. The molecular formula is C13H17NO2. The van der Waals surface area contributed by atoms with Gasteiger partial charge >= 0.3 is 0 Å². The fraction of sp³-hybridized carbons (Fsp3) is 0.385.